The summed E-state index contributed by atoms with van der Waals surface area (Å²) in [7, 11) is 0. The van der Waals surface area contributed by atoms with Gasteiger partial charge in [0.2, 0.25) is 0 Å². The lowest BCUT2D eigenvalue weighted by Gasteiger charge is -2.31. The second-order valence-corrected chi connectivity index (χ2v) is 6.38. The van der Waals surface area contributed by atoms with Gasteiger partial charge in [0, 0.05) is 0 Å². The summed E-state index contributed by atoms with van der Waals surface area (Å²) in [5.74, 6) is -6.53. The Morgan fingerprint density at radius 2 is 1.55 bits per heavy atom. The maximum Gasteiger partial charge on any atom is 0.323 e. The Bertz CT molecular complexity index is 504. The standard InChI is InChI=1S/C16H22F2O4/c1-10(2)13(16(17,18)14(19)20)21-11-6-8-12(9-7-11)22-15(3,4)5/h6-10,13H,1-5H3,(H,19,20)/p-1. The molecule has 0 aliphatic rings. The van der Waals surface area contributed by atoms with Gasteiger partial charge in [-0.25, -0.2) is 0 Å². The van der Waals surface area contributed by atoms with Crippen LogP contribution in [0.5, 0.6) is 11.5 Å². The van der Waals surface area contributed by atoms with Crippen LogP contribution in [0.1, 0.15) is 34.6 Å². The highest BCUT2D eigenvalue weighted by atomic mass is 19.3. The number of rotatable bonds is 6. The molecule has 0 spiro atoms. The number of hydrogen-bond donors (Lipinski definition) is 0. The molecule has 0 aliphatic heterocycles. The summed E-state index contributed by atoms with van der Waals surface area (Å²) in [6.07, 6.45) is -1.81. The van der Waals surface area contributed by atoms with Crippen molar-refractivity contribution >= 4 is 5.97 Å². The monoisotopic (exact) mass is 315 g/mol. The van der Waals surface area contributed by atoms with E-state index in [0.29, 0.717) is 5.75 Å². The van der Waals surface area contributed by atoms with E-state index >= 15 is 0 Å². The van der Waals surface area contributed by atoms with Gasteiger partial charge in [0.05, 0.1) is 0 Å². The van der Waals surface area contributed by atoms with Gasteiger partial charge in [-0.2, -0.15) is 8.78 Å². The first kappa shape index (κ1) is 18.2. The molecule has 4 nitrogen and oxygen atoms in total. The summed E-state index contributed by atoms with van der Waals surface area (Å²) in [4.78, 5) is 10.6. The van der Waals surface area contributed by atoms with Crippen LogP contribution in [0.3, 0.4) is 0 Å². The second kappa shape index (κ2) is 6.50. The Morgan fingerprint density at radius 3 is 1.91 bits per heavy atom. The van der Waals surface area contributed by atoms with Crippen LogP contribution in [0.25, 0.3) is 0 Å². The number of alkyl halides is 2. The topological polar surface area (TPSA) is 58.6 Å². The van der Waals surface area contributed by atoms with Crippen molar-refractivity contribution in [3.8, 4) is 11.5 Å². The first-order chi connectivity index (χ1) is 9.93. The van der Waals surface area contributed by atoms with Crippen molar-refractivity contribution in [1.29, 1.82) is 0 Å². The molecule has 0 amide bonds. The molecule has 0 saturated carbocycles. The van der Waals surface area contributed by atoms with Crippen molar-refractivity contribution in [1.82, 2.24) is 0 Å². The smallest absolute Gasteiger partial charge is 0.323 e. The molecule has 0 heterocycles. The molecule has 0 N–H and O–H groups in total. The maximum absolute atomic E-state index is 13.6. The third-order valence-electron chi connectivity index (χ3n) is 2.75. The highest BCUT2D eigenvalue weighted by Gasteiger charge is 2.45. The van der Waals surface area contributed by atoms with Gasteiger partial charge in [-0.3, -0.25) is 0 Å². The van der Waals surface area contributed by atoms with E-state index in [0.717, 1.165) is 0 Å². The number of halogens is 2. The summed E-state index contributed by atoms with van der Waals surface area (Å²) in [6, 6.07) is 6.08. The van der Waals surface area contributed by atoms with E-state index in [4.69, 9.17) is 9.47 Å². The van der Waals surface area contributed by atoms with Gasteiger partial charge < -0.3 is 19.4 Å². The minimum Gasteiger partial charge on any atom is -0.544 e. The molecule has 22 heavy (non-hydrogen) atoms. The Balaban J connectivity index is 2.90. The molecule has 0 fully saturated rings. The van der Waals surface area contributed by atoms with Crippen LogP contribution in [0.15, 0.2) is 24.3 Å². The largest absolute Gasteiger partial charge is 0.544 e. The number of carbonyl (C=O) groups excluding carboxylic acids is 1. The van der Waals surface area contributed by atoms with E-state index in [1.807, 2.05) is 20.8 Å². The second-order valence-electron chi connectivity index (χ2n) is 6.38. The van der Waals surface area contributed by atoms with Crippen LogP contribution < -0.4 is 14.6 Å². The minimum atomic E-state index is -4.07. The fraction of sp³-hybridized carbons (Fsp3) is 0.562. The third kappa shape index (κ3) is 4.86. The molecule has 0 aliphatic carbocycles. The molecule has 0 aromatic heterocycles. The van der Waals surface area contributed by atoms with Crippen LogP contribution in [0.4, 0.5) is 8.78 Å². The van der Waals surface area contributed by atoms with Crippen LogP contribution in [0, 0.1) is 5.92 Å². The zero-order chi connectivity index (χ0) is 17.1. The fourth-order valence-corrected chi connectivity index (χ4v) is 1.83. The summed E-state index contributed by atoms with van der Waals surface area (Å²) >= 11 is 0. The molecule has 124 valence electrons. The van der Waals surface area contributed by atoms with Crippen molar-refractivity contribution in [2.45, 2.75) is 52.2 Å². The molecule has 0 radical (unpaired) electrons. The third-order valence-corrected chi connectivity index (χ3v) is 2.75. The molecule has 1 aromatic carbocycles. The van der Waals surface area contributed by atoms with Gasteiger partial charge in [0.25, 0.3) is 0 Å². The average molecular weight is 315 g/mol. The molecule has 1 aromatic rings. The van der Waals surface area contributed by atoms with E-state index in [-0.39, 0.29) is 11.4 Å². The zero-order valence-electron chi connectivity index (χ0n) is 13.4. The highest BCUT2D eigenvalue weighted by Crippen LogP contribution is 2.30. The Labute approximate surface area is 129 Å². The molecule has 1 atom stereocenters. The minimum absolute atomic E-state index is 0.140. The Hall–Kier alpha value is -1.85. The van der Waals surface area contributed by atoms with Gasteiger partial charge in [0.15, 0.2) is 6.10 Å². The predicted octanol–water partition coefficient (Wildman–Crippen LogP) is 2.65. The lowest BCUT2D eigenvalue weighted by molar-refractivity contribution is -0.336. The van der Waals surface area contributed by atoms with Crippen molar-refractivity contribution in [2.24, 2.45) is 5.92 Å². The van der Waals surface area contributed by atoms with Crippen molar-refractivity contribution in [3.63, 3.8) is 0 Å². The van der Waals surface area contributed by atoms with Gasteiger partial charge in [-0.15, -0.1) is 0 Å². The first-order valence-electron chi connectivity index (χ1n) is 6.98. The van der Waals surface area contributed by atoms with E-state index in [1.54, 1.807) is 12.1 Å². The van der Waals surface area contributed by atoms with Crippen LogP contribution in [-0.2, 0) is 4.79 Å². The van der Waals surface area contributed by atoms with Crippen LogP contribution in [-0.4, -0.2) is 23.6 Å². The molecular formula is C16H21F2O4-. The SMILES string of the molecule is CC(C)C(Oc1ccc(OC(C)(C)C)cc1)C(F)(F)C(=O)[O-]. The van der Waals surface area contributed by atoms with Gasteiger partial charge in [0.1, 0.15) is 23.1 Å². The lowest BCUT2D eigenvalue weighted by Crippen LogP contribution is -2.54. The van der Waals surface area contributed by atoms with E-state index < -0.39 is 23.9 Å². The number of ether oxygens (including phenoxy) is 2. The Morgan fingerprint density at radius 1 is 1.09 bits per heavy atom. The number of benzene rings is 1. The number of hydrogen-bond acceptors (Lipinski definition) is 4. The first-order valence-corrected chi connectivity index (χ1v) is 6.98. The normalized spacial score (nSPS) is 13.8. The van der Waals surface area contributed by atoms with Crippen LogP contribution in [0.2, 0.25) is 0 Å². The van der Waals surface area contributed by atoms with Crippen molar-refractivity contribution < 1.29 is 28.2 Å². The average Bonchev–Trinajstić information content (AvgIpc) is 2.35. The highest BCUT2D eigenvalue weighted by molar-refractivity contribution is 5.74. The molecule has 0 saturated heterocycles. The molecule has 0 bridgehead atoms. The van der Waals surface area contributed by atoms with Crippen molar-refractivity contribution in [3.05, 3.63) is 24.3 Å². The van der Waals surface area contributed by atoms with Crippen LogP contribution >= 0.6 is 0 Å². The summed E-state index contributed by atoms with van der Waals surface area (Å²) < 4.78 is 38.0. The fourth-order valence-electron chi connectivity index (χ4n) is 1.83. The molecule has 1 rings (SSSR count). The van der Waals surface area contributed by atoms with Gasteiger partial charge >= 0.3 is 5.92 Å². The zero-order valence-corrected chi connectivity index (χ0v) is 13.4. The van der Waals surface area contributed by atoms with E-state index in [2.05, 4.69) is 0 Å². The Kier molecular flexibility index (Phi) is 5.38. The van der Waals surface area contributed by atoms with Gasteiger partial charge in [-0.05, 0) is 51.0 Å². The number of carbonyl (C=O) groups is 1. The lowest BCUT2D eigenvalue weighted by atomic mass is 10.0. The quantitative estimate of drug-likeness (QED) is 0.810. The summed E-state index contributed by atoms with van der Waals surface area (Å²) in [5.41, 5.74) is -0.384. The number of aliphatic carboxylic acids is 1. The predicted molar refractivity (Wildman–Crippen MR) is 76.0 cm³/mol. The van der Waals surface area contributed by atoms with Crippen molar-refractivity contribution in [2.75, 3.05) is 0 Å². The molecule has 1 unspecified atom stereocenters. The number of carboxylic acids is 1. The maximum atomic E-state index is 13.6. The summed E-state index contributed by atoms with van der Waals surface area (Å²) in [6.45, 7) is 8.56. The molecule has 6 heteroatoms. The van der Waals surface area contributed by atoms with E-state index in [1.165, 1.54) is 26.0 Å². The summed E-state index contributed by atoms with van der Waals surface area (Å²) in [5, 5.41) is 10.6. The van der Waals surface area contributed by atoms with Gasteiger partial charge in [-0.1, -0.05) is 13.8 Å². The van der Waals surface area contributed by atoms with E-state index in [9.17, 15) is 18.7 Å². The molecular weight excluding hydrogens is 294 g/mol. The number of carboxylic acid groups (broad SMARTS) is 1.